The van der Waals surface area contributed by atoms with Crippen LogP contribution in [0.2, 0.25) is 0 Å². The van der Waals surface area contributed by atoms with Crippen molar-refractivity contribution >= 4 is 40.2 Å². The summed E-state index contributed by atoms with van der Waals surface area (Å²) in [4.78, 5) is 11.7. The van der Waals surface area contributed by atoms with E-state index in [1.165, 1.54) is 0 Å². The molecule has 0 bridgehead atoms. The van der Waals surface area contributed by atoms with Crippen LogP contribution in [-0.4, -0.2) is 36.2 Å². The van der Waals surface area contributed by atoms with E-state index in [4.69, 9.17) is 9.31 Å². The Morgan fingerprint density at radius 2 is 1.86 bits per heavy atom. The smallest absolute Gasteiger partial charge is 0.399 e. The maximum Gasteiger partial charge on any atom is 0.494 e. The van der Waals surface area contributed by atoms with Crippen LogP contribution in [0.25, 0.3) is 0 Å². The Bertz CT molecular complexity index is 535. The summed E-state index contributed by atoms with van der Waals surface area (Å²) in [5.74, 6) is 0. The standard InChI is InChI=1S/C15H22BBrN2O3/c1-14(2)15(3,4)22-16(21-14)11-6-5-7-12(10-11)19-13(20)18-9-8-17/h5-7,10H,8-9H2,1-4H3,(H2,18,19,20). The molecule has 0 atom stereocenters. The summed E-state index contributed by atoms with van der Waals surface area (Å²) in [5, 5.41) is 6.25. The van der Waals surface area contributed by atoms with Crippen molar-refractivity contribution in [3.63, 3.8) is 0 Å². The first kappa shape index (κ1) is 17.3. The van der Waals surface area contributed by atoms with Gasteiger partial charge in [-0.2, -0.15) is 0 Å². The fourth-order valence-electron chi connectivity index (χ4n) is 2.08. The quantitative estimate of drug-likeness (QED) is 0.634. The van der Waals surface area contributed by atoms with E-state index in [1.807, 2.05) is 52.0 Å². The van der Waals surface area contributed by atoms with Crippen molar-refractivity contribution in [1.82, 2.24) is 5.32 Å². The van der Waals surface area contributed by atoms with Crippen molar-refractivity contribution in [1.29, 1.82) is 0 Å². The number of alkyl halides is 1. The Morgan fingerprint density at radius 3 is 2.45 bits per heavy atom. The van der Waals surface area contributed by atoms with Crippen molar-refractivity contribution in [2.24, 2.45) is 0 Å². The van der Waals surface area contributed by atoms with Crippen LogP contribution < -0.4 is 16.1 Å². The Morgan fingerprint density at radius 1 is 1.23 bits per heavy atom. The molecule has 0 aliphatic carbocycles. The minimum Gasteiger partial charge on any atom is -0.399 e. The van der Waals surface area contributed by atoms with Gasteiger partial charge in [0.15, 0.2) is 0 Å². The predicted octanol–water partition coefficient (Wildman–Crippen LogP) is 2.50. The van der Waals surface area contributed by atoms with Crippen LogP contribution in [0.15, 0.2) is 24.3 Å². The number of benzene rings is 1. The molecule has 1 aliphatic rings. The van der Waals surface area contributed by atoms with E-state index >= 15 is 0 Å². The second-order valence-electron chi connectivity index (χ2n) is 6.28. The van der Waals surface area contributed by atoms with Gasteiger partial charge >= 0.3 is 13.1 Å². The van der Waals surface area contributed by atoms with Gasteiger partial charge in [0.1, 0.15) is 0 Å². The number of hydrogen-bond acceptors (Lipinski definition) is 3. The third-order valence-electron chi connectivity index (χ3n) is 4.05. The first-order chi connectivity index (χ1) is 10.2. The monoisotopic (exact) mass is 368 g/mol. The average Bonchev–Trinajstić information content (AvgIpc) is 2.65. The Hall–Kier alpha value is -1.05. The molecule has 1 saturated heterocycles. The molecule has 0 saturated carbocycles. The normalized spacial score (nSPS) is 19.0. The minimum absolute atomic E-state index is 0.231. The van der Waals surface area contributed by atoms with Gasteiger partial charge in [-0.05, 0) is 45.3 Å². The highest BCUT2D eigenvalue weighted by Gasteiger charge is 2.51. The van der Waals surface area contributed by atoms with Crippen LogP contribution >= 0.6 is 15.9 Å². The molecule has 0 unspecified atom stereocenters. The van der Waals surface area contributed by atoms with Gasteiger partial charge in [0.05, 0.1) is 11.2 Å². The van der Waals surface area contributed by atoms with Crippen LogP contribution in [0.4, 0.5) is 10.5 Å². The highest BCUT2D eigenvalue weighted by molar-refractivity contribution is 9.09. The maximum absolute atomic E-state index is 11.7. The number of urea groups is 1. The zero-order valence-corrected chi connectivity index (χ0v) is 15.0. The van der Waals surface area contributed by atoms with Gasteiger partial charge in [0, 0.05) is 17.6 Å². The largest absolute Gasteiger partial charge is 0.494 e. The Labute approximate surface area is 140 Å². The first-order valence-electron chi connectivity index (χ1n) is 7.31. The van der Waals surface area contributed by atoms with Crippen LogP contribution in [0, 0.1) is 0 Å². The summed E-state index contributed by atoms with van der Waals surface area (Å²) < 4.78 is 12.0. The summed E-state index contributed by atoms with van der Waals surface area (Å²) in [5.41, 5.74) is 0.833. The number of hydrogen-bond donors (Lipinski definition) is 2. The summed E-state index contributed by atoms with van der Waals surface area (Å²) in [7, 11) is -0.433. The zero-order chi connectivity index (χ0) is 16.4. The highest BCUT2D eigenvalue weighted by atomic mass is 79.9. The second-order valence-corrected chi connectivity index (χ2v) is 7.08. The van der Waals surface area contributed by atoms with Gasteiger partial charge in [-0.3, -0.25) is 0 Å². The van der Waals surface area contributed by atoms with E-state index < -0.39 is 7.12 Å². The van der Waals surface area contributed by atoms with Crippen molar-refractivity contribution in [3.8, 4) is 0 Å². The molecule has 2 N–H and O–H groups in total. The molecule has 1 aliphatic heterocycles. The van der Waals surface area contributed by atoms with Crippen molar-refractivity contribution in [2.75, 3.05) is 17.2 Å². The summed E-state index contributed by atoms with van der Waals surface area (Å²) in [6.07, 6.45) is 0. The van der Waals surface area contributed by atoms with Crippen LogP contribution in [-0.2, 0) is 9.31 Å². The topological polar surface area (TPSA) is 59.6 Å². The van der Waals surface area contributed by atoms with E-state index in [9.17, 15) is 4.79 Å². The van der Waals surface area contributed by atoms with E-state index in [-0.39, 0.29) is 17.2 Å². The van der Waals surface area contributed by atoms with Gasteiger partial charge < -0.3 is 19.9 Å². The van der Waals surface area contributed by atoms with E-state index in [2.05, 4.69) is 26.6 Å². The van der Waals surface area contributed by atoms with Gasteiger partial charge in [0.25, 0.3) is 0 Å². The second kappa shape index (κ2) is 6.60. The van der Waals surface area contributed by atoms with Crippen molar-refractivity contribution in [3.05, 3.63) is 24.3 Å². The third kappa shape index (κ3) is 3.83. The van der Waals surface area contributed by atoms with E-state index in [0.29, 0.717) is 17.6 Å². The fraction of sp³-hybridized carbons (Fsp3) is 0.533. The molecule has 0 aromatic heterocycles. The molecule has 7 heteroatoms. The molecule has 120 valence electrons. The molecule has 0 radical (unpaired) electrons. The van der Waals surface area contributed by atoms with Gasteiger partial charge in [-0.25, -0.2) is 4.79 Å². The lowest BCUT2D eigenvalue weighted by molar-refractivity contribution is 0.00578. The molecule has 5 nitrogen and oxygen atoms in total. The highest BCUT2D eigenvalue weighted by Crippen LogP contribution is 2.36. The number of halogens is 1. The minimum atomic E-state index is -0.433. The number of carbonyl (C=O) groups excluding carboxylic acids is 1. The molecular weight excluding hydrogens is 347 g/mol. The fourth-order valence-corrected chi connectivity index (χ4v) is 2.28. The number of amides is 2. The molecule has 1 aromatic carbocycles. The number of nitrogens with one attached hydrogen (secondary N) is 2. The summed E-state index contributed by atoms with van der Waals surface area (Å²) in [6, 6.07) is 7.29. The molecule has 2 amide bonds. The number of anilines is 1. The molecule has 1 heterocycles. The zero-order valence-electron chi connectivity index (χ0n) is 13.4. The predicted molar refractivity (Wildman–Crippen MR) is 93.0 cm³/mol. The Kier molecular flexibility index (Phi) is 5.19. The van der Waals surface area contributed by atoms with Crippen LogP contribution in [0.3, 0.4) is 0 Å². The Balaban J connectivity index is 2.08. The molecule has 0 spiro atoms. The van der Waals surface area contributed by atoms with Gasteiger partial charge in [-0.15, -0.1) is 0 Å². The first-order valence-corrected chi connectivity index (χ1v) is 8.44. The SMILES string of the molecule is CC1(C)OB(c2cccc(NC(=O)NCCBr)c2)OC1(C)C. The van der Waals surface area contributed by atoms with Gasteiger partial charge in [-0.1, -0.05) is 28.1 Å². The third-order valence-corrected chi connectivity index (χ3v) is 4.45. The molecule has 1 aromatic rings. The lowest BCUT2D eigenvalue weighted by Crippen LogP contribution is -2.41. The molecule has 1 fully saturated rings. The van der Waals surface area contributed by atoms with Crippen molar-refractivity contribution in [2.45, 2.75) is 38.9 Å². The number of rotatable bonds is 4. The molecular formula is C15H22BBrN2O3. The molecule has 2 rings (SSSR count). The van der Waals surface area contributed by atoms with E-state index in [1.54, 1.807) is 0 Å². The lowest BCUT2D eigenvalue weighted by Gasteiger charge is -2.32. The average molecular weight is 369 g/mol. The van der Waals surface area contributed by atoms with Crippen molar-refractivity contribution < 1.29 is 14.1 Å². The van der Waals surface area contributed by atoms with Gasteiger partial charge in [0.2, 0.25) is 0 Å². The molecule has 22 heavy (non-hydrogen) atoms. The number of carbonyl (C=O) groups is 1. The van der Waals surface area contributed by atoms with E-state index in [0.717, 1.165) is 5.46 Å². The maximum atomic E-state index is 11.7. The summed E-state index contributed by atoms with van der Waals surface area (Å²) >= 11 is 3.27. The van der Waals surface area contributed by atoms with Crippen LogP contribution in [0.1, 0.15) is 27.7 Å². The summed E-state index contributed by atoms with van der Waals surface area (Å²) in [6.45, 7) is 8.64. The lowest BCUT2D eigenvalue weighted by atomic mass is 9.79. The van der Waals surface area contributed by atoms with Crippen LogP contribution in [0.5, 0.6) is 0 Å².